The number of halogens is 2. The quantitative estimate of drug-likeness (QED) is 0.673. The number of nitrogens with two attached hydrogens (primary N) is 1. The minimum atomic E-state index is -0.480. The largest absolute Gasteiger partial charge is 0.486 e. The van der Waals surface area contributed by atoms with Crippen molar-refractivity contribution in [1.29, 1.82) is 0 Å². The highest BCUT2D eigenvalue weighted by Crippen LogP contribution is 2.33. The summed E-state index contributed by atoms with van der Waals surface area (Å²) < 4.78 is 24.6. The van der Waals surface area contributed by atoms with Gasteiger partial charge in [0, 0.05) is 23.6 Å². The maximum absolute atomic E-state index is 13.3. The molecule has 0 spiro atoms. The molecule has 2 heterocycles. The molecule has 0 amide bonds. The Balaban J connectivity index is 1.67. The van der Waals surface area contributed by atoms with Crippen molar-refractivity contribution in [3.05, 3.63) is 47.5 Å². The molecule has 1 saturated heterocycles. The number of hydrogen-bond acceptors (Lipinski definition) is 6. The third kappa shape index (κ3) is 3.36. The van der Waals surface area contributed by atoms with Gasteiger partial charge in [-0.2, -0.15) is 0 Å². The van der Waals surface area contributed by atoms with Gasteiger partial charge in [0.15, 0.2) is 0 Å². The monoisotopic (exact) mass is 374 g/mol. The Kier molecular flexibility index (Phi) is 4.48. The first kappa shape index (κ1) is 16.8. The van der Waals surface area contributed by atoms with Crippen LogP contribution < -0.4 is 15.8 Å². The Bertz CT molecular complexity index is 963. The summed E-state index contributed by atoms with van der Waals surface area (Å²) in [6, 6.07) is 7.90. The van der Waals surface area contributed by atoms with E-state index in [0.717, 1.165) is 11.8 Å². The molecule has 6 nitrogen and oxygen atoms in total. The fourth-order valence-corrected chi connectivity index (χ4v) is 2.98. The molecule has 1 aliphatic heterocycles. The van der Waals surface area contributed by atoms with Crippen LogP contribution in [0.3, 0.4) is 0 Å². The molecule has 1 aliphatic rings. The number of nitrogens with zero attached hydrogens (tertiary/aromatic N) is 2. The summed E-state index contributed by atoms with van der Waals surface area (Å²) in [4.78, 5) is 8.54. The van der Waals surface area contributed by atoms with Gasteiger partial charge in [-0.25, -0.2) is 14.4 Å². The van der Waals surface area contributed by atoms with E-state index in [1.54, 1.807) is 18.2 Å². The van der Waals surface area contributed by atoms with E-state index in [1.807, 2.05) is 0 Å². The van der Waals surface area contributed by atoms with Gasteiger partial charge in [0.1, 0.15) is 29.8 Å². The molecule has 134 valence electrons. The van der Waals surface area contributed by atoms with Gasteiger partial charge in [0.25, 0.3) is 0 Å². The van der Waals surface area contributed by atoms with Crippen LogP contribution in [-0.4, -0.2) is 29.3 Å². The fraction of sp³-hybridized carbons (Fsp3) is 0.222. The molecule has 0 saturated carbocycles. The third-order valence-corrected chi connectivity index (χ3v) is 4.42. The lowest BCUT2D eigenvalue weighted by atomic mass is 10.2. The van der Waals surface area contributed by atoms with Crippen molar-refractivity contribution >= 4 is 39.7 Å². The van der Waals surface area contributed by atoms with E-state index in [0.29, 0.717) is 41.7 Å². The summed E-state index contributed by atoms with van der Waals surface area (Å²) in [7, 11) is 0. The van der Waals surface area contributed by atoms with Crippen LogP contribution in [0, 0.1) is 5.82 Å². The number of ether oxygens (including phenoxy) is 2. The predicted molar refractivity (Wildman–Crippen MR) is 98.5 cm³/mol. The zero-order chi connectivity index (χ0) is 18.1. The SMILES string of the molecule is Nc1cc2c(Nc3ccc(F)c(Cl)c3)ncnc2cc1O[C@H]1CCOC1. The van der Waals surface area contributed by atoms with E-state index in [-0.39, 0.29) is 11.1 Å². The molecule has 0 aliphatic carbocycles. The van der Waals surface area contributed by atoms with Crippen molar-refractivity contribution in [1.82, 2.24) is 9.97 Å². The summed E-state index contributed by atoms with van der Waals surface area (Å²) in [6.45, 7) is 1.24. The molecule has 1 atom stereocenters. The van der Waals surface area contributed by atoms with Gasteiger partial charge in [0.2, 0.25) is 0 Å². The molecule has 3 aromatic rings. The Hall–Kier alpha value is -2.64. The molecule has 1 aromatic heterocycles. The summed E-state index contributed by atoms with van der Waals surface area (Å²) in [6.07, 6.45) is 2.27. The molecule has 4 rings (SSSR count). The maximum atomic E-state index is 13.3. The van der Waals surface area contributed by atoms with E-state index in [2.05, 4.69) is 15.3 Å². The van der Waals surface area contributed by atoms with Crippen LogP contribution in [0.1, 0.15) is 6.42 Å². The number of nitrogens with one attached hydrogen (secondary N) is 1. The predicted octanol–water partition coefficient (Wildman–Crippen LogP) is 3.92. The van der Waals surface area contributed by atoms with E-state index in [4.69, 9.17) is 26.8 Å². The standard InChI is InChI=1S/C18H16ClFN4O2/c19-13-5-10(1-2-14(13)20)24-18-12-6-15(21)17(7-16(12)22-9-23-18)26-11-3-4-25-8-11/h1-2,5-7,9,11H,3-4,8,21H2,(H,22,23,24)/t11-/m0/s1. The lowest BCUT2D eigenvalue weighted by molar-refractivity contribution is 0.142. The molecule has 2 aromatic carbocycles. The van der Waals surface area contributed by atoms with E-state index in [9.17, 15) is 4.39 Å². The van der Waals surface area contributed by atoms with Gasteiger partial charge in [-0.3, -0.25) is 0 Å². The first-order valence-electron chi connectivity index (χ1n) is 8.11. The minimum absolute atomic E-state index is 0.00413. The van der Waals surface area contributed by atoms with Crippen LogP contribution in [0.4, 0.5) is 21.6 Å². The Morgan fingerprint density at radius 3 is 2.92 bits per heavy atom. The summed E-state index contributed by atoms with van der Waals surface area (Å²) in [5.41, 5.74) is 7.93. The van der Waals surface area contributed by atoms with Crippen LogP contribution in [-0.2, 0) is 4.74 Å². The number of aromatic nitrogens is 2. The van der Waals surface area contributed by atoms with Crippen LogP contribution in [0.15, 0.2) is 36.7 Å². The summed E-state index contributed by atoms with van der Waals surface area (Å²) >= 11 is 5.83. The summed E-state index contributed by atoms with van der Waals surface area (Å²) in [5.74, 6) is 0.634. The van der Waals surface area contributed by atoms with Crippen molar-refractivity contribution in [2.24, 2.45) is 0 Å². The van der Waals surface area contributed by atoms with E-state index in [1.165, 1.54) is 18.5 Å². The molecular weight excluding hydrogens is 359 g/mol. The minimum Gasteiger partial charge on any atom is -0.486 e. The molecule has 26 heavy (non-hydrogen) atoms. The maximum Gasteiger partial charge on any atom is 0.144 e. The molecule has 1 fully saturated rings. The number of fused-ring (bicyclic) bond motifs is 1. The van der Waals surface area contributed by atoms with E-state index < -0.39 is 5.82 Å². The smallest absolute Gasteiger partial charge is 0.144 e. The van der Waals surface area contributed by atoms with Crippen molar-refractivity contribution < 1.29 is 13.9 Å². The van der Waals surface area contributed by atoms with Crippen molar-refractivity contribution in [3.8, 4) is 5.75 Å². The molecule has 0 radical (unpaired) electrons. The number of anilines is 3. The number of hydrogen-bond donors (Lipinski definition) is 2. The van der Waals surface area contributed by atoms with Crippen LogP contribution in [0.2, 0.25) is 5.02 Å². The van der Waals surface area contributed by atoms with Crippen molar-refractivity contribution in [3.63, 3.8) is 0 Å². The van der Waals surface area contributed by atoms with Crippen LogP contribution in [0.25, 0.3) is 10.9 Å². The molecular formula is C18H16ClFN4O2. The Morgan fingerprint density at radius 1 is 1.27 bits per heavy atom. The zero-order valence-electron chi connectivity index (χ0n) is 13.7. The normalized spacial score (nSPS) is 16.8. The average molecular weight is 375 g/mol. The van der Waals surface area contributed by atoms with Gasteiger partial charge in [-0.1, -0.05) is 11.6 Å². The molecule has 3 N–H and O–H groups in total. The van der Waals surface area contributed by atoms with E-state index >= 15 is 0 Å². The highest BCUT2D eigenvalue weighted by molar-refractivity contribution is 6.31. The van der Waals surface area contributed by atoms with Crippen molar-refractivity contribution in [2.75, 3.05) is 24.3 Å². The van der Waals surface area contributed by atoms with Gasteiger partial charge in [-0.05, 0) is 24.3 Å². The van der Waals surface area contributed by atoms with Gasteiger partial charge in [-0.15, -0.1) is 0 Å². The molecule has 0 bridgehead atoms. The first-order chi connectivity index (χ1) is 12.6. The number of rotatable bonds is 4. The first-order valence-corrected chi connectivity index (χ1v) is 8.48. The van der Waals surface area contributed by atoms with Gasteiger partial charge in [0.05, 0.1) is 29.4 Å². The molecule has 8 heteroatoms. The average Bonchev–Trinajstić information content (AvgIpc) is 3.13. The second-order valence-electron chi connectivity index (χ2n) is 5.99. The third-order valence-electron chi connectivity index (χ3n) is 4.13. The fourth-order valence-electron chi connectivity index (χ4n) is 2.80. The molecule has 0 unspecified atom stereocenters. The van der Waals surface area contributed by atoms with Crippen molar-refractivity contribution in [2.45, 2.75) is 12.5 Å². The Labute approximate surface area is 154 Å². The van der Waals surface area contributed by atoms with Gasteiger partial charge < -0.3 is 20.5 Å². The lowest BCUT2D eigenvalue weighted by Crippen LogP contribution is -2.16. The lowest BCUT2D eigenvalue weighted by Gasteiger charge is -2.15. The zero-order valence-corrected chi connectivity index (χ0v) is 14.5. The second kappa shape index (κ2) is 6.93. The second-order valence-corrected chi connectivity index (χ2v) is 6.39. The van der Waals surface area contributed by atoms with Crippen LogP contribution in [0.5, 0.6) is 5.75 Å². The highest BCUT2D eigenvalue weighted by atomic mass is 35.5. The van der Waals surface area contributed by atoms with Crippen LogP contribution >= 0.6 is 11.6 Å². The van der Waals surface area contributed by atoms with Gasteiger partial charge >= 0.3 is 0 Å². The summed E-state index contributed by atoms with van der Waals surface area (Å²) in [5, 5.41) is 3.87. The Morgan fingerprint density at radius 2 is 2.15 bits per heavy atom. The number of nitrogen functional groups attached to an aromatic ring is 1. The topological polar surface area (TPSA) is 82.3 Å². The number of benzene rings is 2. The highest BCUT2D eigenvalue weighted by Gasteiger charge is 2.19.